The number of unbranched alkanes of at least 4 members (excludes halogenated alkanes) is 2. The smallest absolute Gasteiger partial charge is 0.358 e. The second-order valence-corrected chi connectivity index (χ2v) is 7.43. The van der Waals surface area contributed by atoms with Crippen LogP contribution in [0, 0.1) is 10.1 Å². The normalized spacial score (nSPS) is 10.6. The predicted molar refractivity (Wildman–Crippen MR) is 123 cm³/mol. The zero-order valence-electron chi connectivity index (χ0n) is 19.0. The van der Waals surface area contributed by atoms with Crippen LogP contribution >= 0.6 is 0 Å². The van der Waals surface area contributed by atoms with Gasteiger partial charge in [0.05, 0.1) is 18.1 Å². The maximum Gasteiger partial charge on any atom is 0.358 e. The van der Waals surface area contributed by atoms with Gasteiger partial charge in [-0.1, -0.05) is 31.8 Å². The van der Waals surface area contributed by atoms with Crippen LogP contribution in [0.3, 0.4) is 0 Å². The molecule has 0 saturated heterocycles. The van der Waals surface area contributed by atoms with Crippen LogP contribution in [0.4, 0.5) is 5.69 Å². The van der Waals surface area contributed by atoms with Crippen molar-refractivity contribution in [1.82, 2.24) is 5.16 Å². The van der Waals surface area contributed by atoms with Crippen molar-refractivity contribution in [1.29, 1.82) is 0 Å². The maximum atomic E-state index is 11.3. The molecule has 0 amide bonds. The molecule has 0 atom stereocenters. The summed E-state index contributed by atoms with van der Waals surface area (Å²) in [4.78, 5) is 21.8. The van der Waals surface area contributed by atoms with Crippen molar-refractivity contribution in [3.63, 3.8) is 0 Å². The first-order chi connectivity index (χ1) is 16.4. The number of ether oxygens (including phenoxy) is 3. The molecular formula is C24H26N2O8. The molecule has 0 radical (unpaired) electrons. The molecule has 3 aromatic rings. The summed E-state index contributed by atoms with van der Waals surface area (Å²) in [5.41, 5.74) is 0.0190. The zero-order chi connectivity index (χ0) is 24.5. The number of carboxylic acids is 1. The third-order valence-corrected chi connectivity index (χ3v) is 4.81. The van der Waals surface area contributed by atoms with Crippen LogP contribution in [0.2, 0.25) is 0 Å². The van der Waals surface area contributed by atoms with E-state index in [2.05, 4.69) is 12.1 Å². The second-order valence-electron chi connectivity index (χ2n) is 7.43. The highest BCUT2D eigenvalue weighted by molar-refractivity contribution is 5.87. The fourth-order valence-electron chi connectivity index (χ4n) is 3.00. The van der Waals surface area contributed by atoms with Gasteiger partial charge in [0.1, 0.15) is 28.6 Å². The fraction of sp³-hybridized carbons (Fsp3) is 0.333. The molecular weight excluding hydrogens is 444 g/mol. The Morgan fingerprint density at radius 2 is 1.65 bits per heavy atom. The molecule has 0 unspecified atom stereocenters. The summed E-state index contributed by atoms with van der Waals surface area (Å²) in [5.74, 6) is 0.380. The molecule has 1 aromatic heterocycles. The van der Waals surface area contributed by atoms with Gasteiger partial charge in [0.25, 0.3) is 5.69 Å². The number of hydrogen-bond acceptors (Lipinski definition) is 8. The molecule has 0 aliphatic carbocycles. The molecule has 1 heterocycles. The van der Waals surface area contributed by atoms with Gasteiger partial charge in [-0.05, 0) is 25.0 Å². The van der Waals surface area contributed by atoms with Crippen molar-refractivity contribution < 1.29 is 33.6 Å². The van der Waals surface area contributed by atoms with Crippen LogP contribution in [0.5, 0.6) is 23.0 Å². The summed E-state index contributed by atoms with van der Waals surface area (Å²) in [6, 6.07) is 10.2. The van der Waals surface area contributed by atoms with Crippen LogP contribution in [-0.2, 0) is 0 Å². The Morgan fingerprint density at radius 3 is 2.24 bits per heavy atom. The van der Waals surface area contributed by atoms with Crippen molar-refractivity contribution in [3.8, 4) is 34.3 Å². The Kier molecular flexibility index (Phi) is 8.44. The number of nitro benzene ring substituents is 1. The first kappa shape index (κ1) is 24.6. The van der Waals surface area contributed by atoms with Gasteiger partial charge in [-0.15, -0.1) is 0 Å². The number of hydrogen-bond donors (Lipinski definition) is 1. The number of carbonyl (C=O) groups is 1. The third kappa shape index (κ3) is 6.25. The molecule has 0 saturated carbocycles. The summed E-state index contributed by atoms with van der Waals surface area (Å²) in [5, 5.41) is 23.8. The molecule has 0 spiro atoms. The fourth-order valence-corrected chi connectivity index (χ4v) is 3.00. The summed E-state index contributed by atoms with van der Waals surface area (Å²) in [6.45, 7) is 5.00. The van der Waals surface area contributed by atoms with Gasteiger partial charge in [-0.3, -0.25) is 10.1 Å². The van der Waals surface area contributed by atoms with Crippen LogP contribution in [-0.4, -0.2) is 34.4 Å². The van der Waals surface area contributed by atoms with E-state index in [1.807, 2.05) is 6.92 Å². The van der Waals surface area contributed by atoms with E-state index in [0.717, 1.165) is 25.7 Å². The lowest BCUT2D eigenvalue weighted by atomic mass is 10.1. The lowest BCUT2D eigenvalue weighted by Crippen LogP contribution is -2.02. The number of aromatic nitrogens is 1. The number of carboxylic acid groups (broad SMARTS) is 1. The number of non-ortho nitro benzene ring substituents is 1. The van der Waals surface area contributed by atoms with E-state index in [9.17, 15) is 20.0 Å². The first-order valence-corrected chi connectivity index (χ1v) is 11.0. The minimum atomic E-state index is -1.24. The molecule has 0 aliphatic heterocycles. The standard InChI is InChI=1S/C24H26N2O8/c1-3-5-11-31-18-13-20(32-12-6-4-2)23(22-15-19(24(27)28)25-34-22)21(14-18)33-17-9-7-16(8-10-17)26(29)30/h7-10,13-15H,3-6,11-12H2,1-2H3,(H,27,28). The SMILES string of the molecule is CCCCOc1cc(OCCCC)c(-c2cc(C(=O)O)no2)c(Oc2ccc([N+](=O)[O-])cc2)c1. The molecule has 0 fully saturated rings. The number of benzene rings is 2. The summed E-state index contributed by atoms with van der Waals surface area (Å²) in [7, 11) is 0. The zero-order valence-corrected chi connectivity index (χ0v) is 19.0. The molecule has 2 aromatic carbocycles. The van der Waals surface area contributed by atoms with Gasteiger partial charge in [0.2, 0.25) is 0 Å². The highest BCUT2D eigenvalue weighted by Gasteiger charge is 2.23. The quantitative estimate of drug-likeness (QED) is 0.179. The Bertz CT molecular complexity index is 1120. The third-order valence-electron chi connectivity index (χ3n) is 4.81. The first-order valence-electron chi connectivity index (χ1n) is 11.0. The maximum absolute atomic E-state index is 11.3. The van der Waals surface area contributed by atoms with E-state index in [1.54, 1.807) is 12.1 Å². The number of rotatable bonds is 13. The van der Waals surface area contributed by atoms with Gasteiger partial charge in [-0.25, -0.2) is 4.79 Å². The Morgan fingerprint density at radius 1 is 1.00 bits per heavy atom. The minimum Gasteiger partial charge on any atom is -0.493 e. The molecule has 10 nitrogen and oxygen atoms in total. The second kappa shape index (κ2) is 11.7. The van der Waals surface area contributed by atoms with Crippen molar-refractivity contribution in [2.75, 3.05) is 13.2 Å². The predicted octanol–water partition coefficient (Wildman–Crippen LogP) is 6.10. The summed E-state index contributed by atoms with van der Waals surface area (Å²) < 4.78 is 23.2. The Balaban J connectivity index is 2.08. The average Bonchev–Trinajstić information content (AvgIpc) is 3.30. The lowest BCUT2D eigenvalue weighted by molar-refractivity contribution is -0.384. The molecule has 0 bridgehead atoms. The molecule has 180 valence electrons. The van der Waals surface area contributed by atoms with E-state index in [-0.39, 0.29) is 22.9 Å². The highest BCUT2D eigenvalue weighted by atomic mass is 16.6. The van der Waals surface area contributed by atoms with Gasteiger partial charge in [0, 0.05) is 30.3 Å². The minimum absolute atomic E-state index is 0.0749. The van der Waals surface area contributed by atoms with E-state index >= 15 is 0 Å². The van der Waals surface area contributed by atoms with E-state index in [0.29, 0.717) is 36.0 Å². The molecule has 3 rings (SSSR count). The van der Waals surface area contributed by atoms with Gasteiger partial charge in [0.15, 0.2) is 11.5 Å². The Labute approximate surface area is 196 Å². The van der Waals surface area contributed by atoms with Crippen molar-refractivity contribution in [3.05, 3.63) is 58.3 Å². The number of nitrogens with zero attached hydrogens (tertiary/aromatic N) is 2. The summed E-state index contributed by atoms with van der Waals surface area (Å²) in [6.07, 6.45) is 3.53. The topological polar surface area (TPSA) is 134 Å². The molecule has 1 N–H and O–H groups in total. The molecule has 34 heavy (non-hydrogen) atoms. The van der Waals surface area contributed by atoms with E-state index in [1.165, 1.54) is 30.3 Å². The van der Waals surface area contributed by atoms with Crippen molar-refractivity contribution in [2.45, 2.75) is 39.5 Å². The van der Waals surface area contributed by atoms with Crippen molar-refractivity contribution >= 4 is 11.7 Å². The van der Waals surface area contributed by atoms with Crippen LogP contribution < -0.4 is 14.2 Å². The molecule has 0 aliphatic rings. The molecule has 10 heteroatoms. The Hall–Kier alpha value is -4.08. The van der Waals surface area contributed by atoms with Gasteiger partial charge >= 0.3 is 5.97 Å². The van der Waals surface area contributed by atoms with Gasteiger partial charge < -0.3 is 23.8 Å². The van der Waals surface area contributed by atoms with E-state index < -0.39 is 10.9 Å². The van der Waals surface area contributed by atoms with Crippen LogP contribution in [0.25, 0.3) is 11.3 Å². The largest absolute Gasteiger partial charge is 0.493 e. The average molecular weight is 470 g/mol. The lowest BCUT2D eigenvalue weighted by Gasteiger charge is -2.17. The van der Waals surface area contributed by atoms with Gasteiger partial charge in [-0.2, -0.15) is 0 Å². The number of aromatic carboxylic acids is 1. The van der Waals surface area contributed by atoms with Crippen molar-refractivity contribution in [2.24, 2.45) is 0 Å². The van der Waals surface area contributed by atoms with Crippen LogP contribution in [0.1, 0.15) is 50.0 Å². The monoisotopic (exact) mass is 470 g/mol. The summed E-state index contributed by atoms with van der Waals surface area (Å²) >= 11 is 0. The van der Waals surface area contributed by atoms with Crippen LogP contribution in [0.15, 0.2) is 47.0 Å². The number of nitro groups is 1. The van der Waals surface area contributed by atoms with E-state index in [4.69, 9.17) is 18.7 Å². The highest BCUT2D eigenvalue weighted by Crippen LogP contribution is 2.44.